The normalized spacial score (nSPS) is 13.8. The van der Waals surface area contributed by atoms with Crippen molar-refractivity contribution in [2.45, 2.75) is 119 Å². The molecule has 4 aromatic carbocycles. The Morgan fingerprint density at radius 2 is 0.684 bits per heavy atom. The van der Waals surface area contributed by atoms with E-state index in [9.17, 15) is 62.6 Å². The van der Waals surface area contributed by atoms with E-state index >= 15 is 0 Å². The monoisotopic (exact) mass is 1400 g/mol. The van der Waals surface area contributed by atoms with Crippen molar-refractivity contribution in [3.8, 4) is 0 Å². The zero-order valence-corrected chi connectivity index (χ0v) is 55.6. The summed E-state index contributed by atoms with van der Waals surface area (Å²) in [6.45, 7) is -0.921. The first-order valence-electron chi connectivity index (χ1n) is 31.2. The van der Waals surface area contributed by atoms with Gasteiger partial charge in [-0.3, -0.25) is 68.4 Å². The van der Waals surface area contributed by atoms with Crippen LogP contribution in [0.25, 0.3) is 0 Å². The van der Waals surface area contributed by atoms with Gasteiger partial charge in [0.2, 0.25) is 65.0 Å². The summed E-state index contributed by atoms with van der Waals surface area (Å²) in [6, 6.07) is 19.5. The van der Waals surface area contributed by atoms with Crippen LogP contribution < -0.4 is 86.3 Å². The number of carboxylic acids is 1. The van der Waals surface area contributed by atoms with Crippen LogP contribution in [0.3, 0.4) is 0 Å². The number of nitrogens with one attached hydrogen (secondary N) is 15. The Labute approximate surface area is 577 Å². The molecule has 530 valence electrons. The van der Waals surface area contributed by atoms with Crippen LogP contribution in [0.1, 0.15) is 54.9 Å². The van der Waals surface area contributed by atoms with Crippen LogP contribution in [-0.4, -0.2) is 198 Å². The van der Waals surface area contributed by atoms with E-state index in [-0.39, 0.29) is 81.9 Å². The first-order valence-corrected chi connectivity index (χ1v) is 32.5. The number of hydrogen-bond acceptors (Lipinski definition) is 18. The molecule has 23 N–H and O–H groups in total. The minimum absolute atomic E-state index is 0.0101. The highest BCUT2D eigenvalue weighted by molar-refractivity contribution is 7.80. The molecule has 98 heavy (non-hydrogen) atoms. The van der Waals surface area contributed by atoms with Crippen molar-refractivity contribution in [1.29, 1.82) is 10.8 Å². The van der Waals surface area contributed by atoms with Crippen molar-refractivity contribution in [3.05, 3.63) is 144 Å². The minimum Gasteiger partial charge on any atom is -0.480 e. The molecule has 0 unspecified atom stereocenters. The molecule has 0 radical (unpaired) electrons. The van der Waals surface area contributed by atoms with Crippen molar-refractivity contribution in [2.24, 2.45) is 17.2 Å². The predicted molar refractivity (Wildman–Crippen MR) is 368 cm³/mol. The lowest BCUT2D eigenvalue weighted by molar-refractivity contribution is -0.138. The molecule has 4 aromatic rings. The maximum atomic E-state index is 14.9. The van der Waals surface area contributed by atoms with Crippen molar-refractivity contribution >= 4 is 108 Å². The highest BCUT2D eigenvalue weighted by atomic mass is 32.1. The summed E-state index contributed by atoms with van der Waals surface area (Å²) in [5, 5.41) is 67.8. The van der Waals surface area contributed by atoms with E-state index < -0.39 is 157 Å². The molecule has 11 amide bonds. The average Bonchev–Trinajstić information content (AvgIpc) is 0.970. The van der Waals surface area contributed by atoms with E-state index in [2.05, 4.69) is 94.4 Å². The van der Waals surface area contributed by atoms with Crippen molar-refractivity contribution < 1.29 is 67.7 Å². The largest absolute Gasteiger partial charge is 0.480 e. The Morgan fingerprint density at radius 3 is 1.01 bits per heavy atom. The van der Waals surface area contributed by atoms with Crippen LogP contribution >= 0.6 is 25.3 Å². The van der Waals surface area contributed by atoms with Crippen LogP contribution in [0.4, 0.5) is 0 Å². The first-order chi connectivity index (χ1) is 46.8. The first kappa shape index (κ1) is 80.1. The second kappa shape index (κ2) is 43.0. The number of aliphatic carboxylic acids is 1. The molecule has 0 saturated heterocycles. The second-order valence-corrected chi connectivity index (χ2v) is 23.2. The number of thiol groups is 2. The molecular weight excluding hydrogens is 1310 g/mol. The molecule has 34 heteroatoms. The number of carboxylic acid groups (broad SMARTS) is 1. The molecule has 0 aliphatic carbocycles. The van der Waals surface area contributed by atoms with Gasteiger partial charge in [0.05, 0.1) is 13.2 Å². The third-order valence-electron chi connectivity index (χ3n) is 14.7. The summed E-state index contributed by atoms with van der Waals surface area (Å²) in [7, 11) is 0. The Hall–Kier alpha value is -10.3. The Balaban J connectivity index is 1.58. The number of amides is 11. The fourth-order valence-electron chi connectivity index (χ4n) is 9.54. The summed E-state index contributed by atoms with van der Waals surface area (Å²) >= 11 is 8.50. The zero-order chi connectivity index (χ0) is 72.1. The van der Waals surface area contributed by atoms with Gasteiger partial charge in [-0.25, -0.2) is 0 Å². The molecular formula is C64H88N18O14S2. The van der Waals surface area contributed by atoms with E-state index in [1.54, 1.807) is 121 Å². The van der Waals surface area contributed by atoms with Crippen molar-refractivity contribution in [1.82, 2.24) is 69.1 Å². The van der Waals surface area contributed by atoms with Gasteiger partial charge in [-0.15, -0.1) is 0 Å². The van der Waals surface area contributed by atoms with Gasteiger partial charge in [-0.1, -0.05) is 121 Å². The summed E-state index contributed by atoms with van der Waals surface area (Å²) in [5.41, 5.74) is 18.9. The van der Waals surface area contributed by atoms with Gasteiger partial charge >= 0.3 is 5.97 Å². The van der Waals surface area contributed by atoms with Crippen LogP contribution in [0.5, 0.6) is 0 Å². The smallest absolute Gasteiger partial charge is 0.322 e. The fraction of sp³-hybridized carbons (Fsp3) is 0.406. The Kier molecular flexibility index (Phi) is 35.1. The van der Waals surface area contributed by atoms with Gasteiger partial charge in [0.15, 0.2) is 11.9 Å². The number of benzene rings is 4. The van der Waals surface area contributed by atoms with Gasteiger partial charge in [0.1, 0.15) is 67.0 Å². The molecule has 0 aliphatic rings. The molecule has 0 saturated carbocycles. The molecule has 0 fully saturated rings. The van der Waals surface area contributed by atoms with Crippen molar-refractivity contribution in [2.75, 3.05) is 44.3 Å². The van der Waals surface area contributed by atoms with Crippen LogP contribution in [0, 0.1) is 10.8 Å². The molecule has 0 spiro atoms. The third-order valence-corrected chi connectivity index (χ3v) is 15.4. The molecule has 10 atom stereocenters. The Morgan fingerprint density at radius 1 is 0.398 bits per heavy atom. The molecule has 0 aromatic heterocycles. The molecule has 0 heterocycles. The van der Waals surface area contributed by atoms with Crippen LogP contribution in [-0.2, 0) is 83.2 Å². The molecule has 0 bridgehead atoms. The topological polar surface area (TPSA) is 527 Å². The number of aliphatic hydroxyl groups is 1. The lowest BCUT2D eigenvalue weighted by Gasteiger charge is -2.28. The number of nitrogens with two attached hydrogens (primary N) is 3. The number of guanidine groups is 2. The molecule has 4 rings (SSSR count). The third kappa shape index (κ3) is 29.4. The van der Waals surface area contributed by atoms with Gasteiger partial charge in [-0.2, -0.15) is 25.3 Å². The van der Waals surface area contributed by atoms with E-state index in [0.717, 1.165) is 0 Å². The highest BCUT2D eigenvalue weighted by Gasteiger charge is 2.36. The maximum Gasteiger partial charge on any atom is 0.322 e. The maximum absolute atomic E-state index is 14.9. The number of carbonyl (C=O) groups excluding carboxylic acids is 11. The standard InChI is InChI=1S/C64H88N18O14S2/c1-37(53(87)81-49(35-97)62(96)77-44(54(88)72-33-52(85)86)28-38-16-6-2-7-17-38)73-60(94)48(34-83)80-56(90)43(25-15-27-71-64(68)69)75-58(92)46(30-40-20-10-4-11-21-40)79-59(93)47(31-41-22-12-5-13-23-41)78-55(89)42(24-14-26-70-63(66)67)76-61(95)50(36-98)82-57(91)45(74-51(84)32-65)29-39-18-8-3-9-19-39/h2-13,16-23,37,42-50,83,97-98H,14-15,24-36,65H2,1H3,(H,72,88)(H,73,94)(H,74,84)(H,75,92)(H,76,95)(H,77,96)(H,78,89)(H,79,93)(H,80,90)(H,81,87)(H,82,91)(H,85,86)(H4,66,67,70)(H4,68,69,71)/t37-,42-,43-,44-,45-,46-,47-,48-,49-,50-/m0/s1. The number of rotatable bonds is 42. The number of aliphatic hydroxyl groups excluding tert-OH is 1. The minimum atomic E-state index is -1.78. The second-order valence-electron chi connectivity index (χ2n) is 22.4. The highest BCUT2D eigenvalue weighted by Crippen LogP contribution is 2.12. The van der Waals surface area contributed by atoms with E-state index in [1.165, 1.54) is 6.92 Å². The number of carbonyl (C=O) groups is 12. The summed E-state index contributed by atoms with van der Waals surface area (Å²) < 4.78 is 0. The fourth-order valence-corrected chi connectivity index (χ4v) is 10.1. The summed E-state index contributed by atoms with van der Waals surface area (Å²) in [4.78, 5) is 164. The number of hydrogen-bond donors (Lipinski definition) is 22. The van der Waals surface area contributed by atoms with Gasteiger partial charge < -0.3 is 96.5 Å². The van der Waals surface area contributed by atoms with E-state index in [4.69, 9.17) is 33.1 Å². The summed E-state index contributed by atoms with van der Waals surface area (Å²) in [5.74, 6) is -12.6. The molecule has 32 nitrogen and oxygen atoms in total. The SMILES string of the molecule is C[C@H](NC(=O)[C@H](CO)NC(=O)[C@H](CCCNC(=N)N)NC(=O)[C@H](Cc1ccccc1)NC(=O)[C@H](Cc1ccccc1)NC(=O)[C@H](CCCNC(=N)N)NC(=O)[C@H](CS)NC(=O)[C@H](Cc1ccccc1)NC(=O)CN)C(=O)N[C@@H](CS)C(=O)N[C@@H](Cc1ccccc1)C(=O)NCC(=O)O. The average molecular weight is 1400 g/mol. The summed E-state index contributed by atoms with van der Waals surface area (Å²) in [6.07, 6.45) is -0.588. The molecule has 0 aliphatic heterocycles. The van der Waals surface area contributed by atoms with Crippen LogP contribution in [0.15, 0.2) is 121 Å². The van der Waals surface area contributed by atoms with Gasteiger partial charge in [0, 0.05) is 50.3 Å². The Bertz CT molecular complexity index is 3330. The van der Waals surface area contributed by atoms with Crippen LogP contribution in [0.2, 0.25) is 0 Å². The quantitative estimate of drug-likeness (QED) is 0.00859. The van der Waals surface area contributed by atoms with Crippen molar-refractivity contribution in [3.63, 3.8) is 0 Å². The zero-order valence-electron chi connectivity index (χ0n) is 53.8. The lowest BCUT2D eigenvalue weighted by atomic mass is 10.0. The van der Waals surface area contributed by atoms with Gasteiger partial charge in [-0.05, 0) is 54.9 Å². The van der Waals surface area contributed by atoms with E-state index in [1.807, 2.05) is 0 Å². The van der Waals surface area contributed by atoms with Gasteiger partial charge in [0.25, 0.3) is 0 Å². The van der Waals surface area contributed by atoms with E-state index in [0.29, 0.717) is 22.3 Å². The lowest BCUT2D eigenvalue weighted by Crippen LogP contribution is -2.61. The predicted octanol–water partition coefficient (Wildman–Crippen LogP) is -4.64.